The molecule has 9 heteroatoms. The molecule has 0 saturated heterocycles. The van der Waals surface area contributed by atoms with Crippen molar-refractivity contribution in [2.45, 2.75) is 18.7 Å². The molecule has 0 radical (unpaired) electrons. The van der Waals surface area contributed by atoms with E-state index in [1.165, 1.54) is 30.9 Å². The Morgan fingerprint density at radius 3 is 2.48 bits per heavy atom. The molecular formula is C18H19FN2O4S2. The van der Waals surface area contributed by atoms with E-state index in [4.69, 9.17) is 4.74 Å². The van der Waals surface area contributed by atoms with Gasteiger partial charge in [0.2, 0.25) is 5.91 Å². The van der Waals surface area contributed by atoms with Gasteiger partial charge in [0.15, 0.2) is 0 Å². The van der Waals surface area contributed by atoms with Crippen LogP contribution in [0.3, 0.4) is 0 Å². The molecule has 27 heavy (non-hydrogen) atoms. The van der Waals surface area contributed by atoms with Crippen molar-refractivity contribution in [1.82, 2.24) is 5.32 Å². The molecule has 0 spiro atoms. The zero-order valence-corrected chi connectivity index (χ0v) is 16.7. The Morgan fingerprint density at radius 1 is 1.22 bits per heavy atom. The first kappa shape index (κ1) is 20.9. The van der Waals surface area contributed by atoms with E-state index in [1.54, 1.807) is 26.0 Å². The Balaban J connectivity index is 2.17. The highest BCUT2D eigenvalue weighted by atomic mass is 32.2. The fourth-order valence-electron chi connectivity index (χ4n) is 2.22. The third kappa shape index (κ3) is 5.30. The van der Waals surface area contributed by atoms with E-state index in [2.05, 4.69) is 10.6 Å². The predicted molar refractivity (Wildman–Crippen MR) is 104 cm³/mol. The summed E-state index contributed by atoms with van der Waals surface area (Å²) in [6.45, 7) is 3.49. The lowest BCUT2D eigenvalue weighted by Crippen LogP contribution is -2.18. The van der Waals surface area contributed by atoms with Crippen molar-refractivity contribution in [3.63, 3.8) is 0 Å². The van der Waals surface area contributed by atoms with Crippen molar-refractivity contribution in [3.8, 4) is 0 Å². The summed E-state index contributed by atoms with van der Waals surface area (Å²) in [5.74, 6) is -1.56. The summed E-state index contributed by atoms with van der Waals surface area (Å²) in [7, 11) is 1.49. The van der Waals surface area contributed by atoms with E-state index < -0.39 is 5.97 Å². The molecule has 2 N–H and O–H groups in total. The van der Waals surface area contributed by atoms with E-state index in [0.29, 0.717) is 10.4 Å². The standard InChI is InChI=1S/C18H19FN2O4S2/c1-4-25-18(24)14-10(2)15(16(23)20-3)27-17(14)21-13(22)9-26-12-7-5-11(19)6-8-12/h5-8H,4,9H2,1-3H3,(H,20,23)(H,21,22). The number of anilines is 1. The van der Waals surface area contributed by atoms with Crippen LogP contribution in [0.1, 0.15) is 32.5 Å². The maximum absolute atomic E-state index is 12.9. The number of thioether (sulfide) groups is 1. The molecule has 0 unspecified atom stereocenters. The van der Waals surface area contributed by atoms with Gasteiger partial charge in [-0.05, 0) is 43.7 Å². The highest BCUT2D eigenvalue weighted by Gasteiger charge is 2.26. The van der Waals surface area contributed by atoms with Crippen molar-refractivity contribution in [2.75, 3.05) is 24.7 Å². The first-order valence-electron chi connectivity index (χ1n) is 8.08. The molecule has 1 heterocycles. The number of thiophene rings is 1. The minimum absolute atomic E-state index is 0.0696. The van der Waals surface area contributed by atoms with Crippen LogP contribution in [0.5, 0.6) is 0 Å². The van der Waals surface area contributed by atoms with Crippen molar-refractivity contribution in [3.05, 3.63) is 46.1 Å². The summed E-state index contributed by atoms with van der Waals surface area (Å²) < 4.78 is 18.0. The van der Waals surface area contributed by atoms with Crippen LogP contribution in [0.2, 0.25) is 0 Å². The number of halogens is 1. The van der Waals surface area contributed by atoms with Crippen molar-refractivity contribution in [2.24, 2.45) is 0 Å². The summed E-state index contributed by atoms with van der Waals surface area (Å²) in [6, 6.07) is 5.79. The number of ether oxygens (including phenoxy) is 1. The van der Waals surface area contributed by atoms with E-state index in [1.807, 2.05) is 0 Å². The number of esters is 1. The third-order valence-corrected chi connectivity index (χ3v) is 5.71. The summed E-state index contributed by atoms with van der Waals surface area (Å²) >= 11 is 2.25. The molecule has 0 bridgehead atoms. The van der Waals surface area contributed by atoms with Crippen LogP contribution >= 0.6 is 23.1 Å². The van der Waals surface area contributed by atoms with Crippen molar-refractivity contribution < 1.29 is 23.5 Å². The Bertz CT molecular complexity index is 850. The van der Waals surface area contributed by atoms with Gasteiger partial charge in [-0.3, -0.25) is 9.59 Å². The highest BCUT2D eigenvalue weighted by molar-refractivity contribution is 8.00. The van der Waals surface area contributed by atoms with Gasteiger partial charge in [0, 0.05) is 11.9 Å². The zero-order valence-electron chi connectivity index (χ0n) is 15.1. The number of rotatable bonds is 7. The first-order chi connectivity index (χ1) is 12.9. The number of nitrogens with one attached hydrogen (secondary N) is 2. The highest BCUT2D eigenvalue weighted by Crippen LogP contribution is 2.34. The van der Waals surface area contributed by atoms with Gasteiger partial charge in [-0.2, -0.15) is 0 Å². The average Bonchev–Trinajstić information content (AvgIpc) is 2.96. The second-order valence-corrected chi connectivity index (χ2v) is 7.42. The van der Waals surface area contributed by atoms with E-state index in [-0.39, 0.29) is 40.6 Å². The summed E-state index contributed by atoms with van der Waals surface area (Å²) in [5.41, 5.74) is 0.639. The fourth-order valence-corrected chi connectivity index (χ4v) is 4.08. The Hall–Kier alpha value is -2.39. The van der Waals surface area contributed by atoms with Crippen LogP contribution in [0, 0.1) is 12.7 Å². The largest absolute Gasteiger partial charge is 0.462 e. The molecule has 144 valence electrons. The monoisotopic (exact) mass is 410 g/mol. The SMILES string of the molecule is CCOC(=O)c1c(NC(=O)CSc2ccc(F)cc2)sc(C(=O)NC)c1C. The van der Waals surface area contributed by atoms with Crippen LogP contribution in [0.25, 0.3) is 0 Å². The lowest BCUT2D eigenvalue weighted by atomic mass is 10.1. The molecule has 0 aliphatic heterocycles. The molecule has 2 rings (SSSR count). The Kier molecular flexibility index (Phi) is 7.37. The fraction of sp³-hybridized carbons (Fsp3) is 0.278. The maximum Gasteiger partial charge on any atom is 0.341 e. The van der Waals surface area contributed by atoms with E-state index in [9.17, 15) is 18.8 Å². The summed E-state index contributed by atoms with van der Waals surface area (Å²) in [6.07, 6.45) is 0. The minimum atomic E-state index is -0.595. The van der Waals surface area contributed by atoms with Gasteiger partial charge in [-0.1, -0.05) is 0 Å². The second-order valence-electron chi connectivity index (χ2n) is 5.35. The lowest BCUT2D eigenvalue weighted by molar-refractivity contribution is -0.113. The van der Waals surface area contributed by atoms with Gasteiger partial charge in [0.1, 0.15) is 10.8 Å². The van der Waals surface area contributed by atoms with Crippen molar-refractivity contribution >= 4 is 45.9 Å². The minimum Gasteiger partial charge on any atom is -0.462 e. The quantitative estimate of drug-likeness (QED) is 0.539. The molecule has 0 atom stereocenters. The van der Waals surface area contributed by atoms with Crippen molar-refractivity contribution in [1.29, 1.82) is 0 Å². The van der Waals surface area contributed by atoms with Gasteiger partial charge in [0.05, 0.1) is 22.8 Å². The zero-order chi connectivity index (χ0) is 20.0. The van der Waals surface area contributed by atoms with Gasteiger partial charge < -0.3 is 15.4 Å². The van der Waals surface area contributed by atoms with Crippen LogP contribution in [-0.4, -0.2) is 37.2 Å². The smallest absolute Gasteiger partial charge is 0.341 e. The molecule has 1 aromatic carbocycles. The maximum atomic E-state index is 12.9. The number of hydrogen-bond donors (Lipinski definition) is 2. The average molecular weight is 410 g/mol. The number of amides is 2. The van der Waals surface area contributed by atoms with Crippen LogP contribution in [-0.2, 0) is 9.53 Å². The molecule has 0 aliphatic carbocycles. The molecule has 2 aromatic rings. The number of carbonyl (C=O) groups is 3. The number of benzene rings is 1. The van der Waals surface area contributed by atoms with Crippen LogP contribution < -0.4 is 10.6 Å². The predicted octanol–water partition coefficient (Wildman–Crippen LogP) is 3.46. The summed E-state index contributed by atoms with van der Waals surface area (Å²) in [5, 5.41) is 5.46. The Labute approximate surface area is 164 Å². The van der Waals surface area contributed by atoms with Gasteiger partial charge in [-0.25, -0.2) is 9.18 Å². The van der Waals surface area contributed by atoms with E-state index >= 15 is 0 Å². The van der Waals surface area contributed by atoms with E-state index in [0.717, 1.165) is 16.2 Å². The van der Waals surface area contributed by atoms with Gasteiger partial charge >= 0.3 is 5.97 Å². The molecule has 0 aliphatic rings. The third-order valence-electron chi connectivity index (χ3n) is 3.50. The lowest BCUT2D eigenvalue weighted by Gasteiger charge is -2.07. The molecule has 1 aromatic heterocycles. The van der Waals surface area contributed by atoms with Gasteiger partial charge in [0.25, 0.3) is 5.91 Å². The normalized spacial score (nSPS) is 10.4. The molecule has 2 amide bonds. The van der Waals surface area contributed by atoms with Crippen LogP contribution in [0.15, 0.2) is 29.2 Å². The summed E-state index contributed by atoms with van der Waals surface area (Å²) in [4.78, 5) is 37.6. The number of carbonyl (C=O) groups excluding carboxylic acids is 3. The second kappa shape index (κ2) is 9.52. The molecule has 0 fully saturated rings. The van der Waals surface area contributed by atoms with Gasteiger partial charge in [-0.15, -0.1) is 23.1 Å². The topological polar surface area (TPSA) is 84.5 Å². The Morgan fingerprint density at radius 2 is 1.89 bits per heavy atom. The molecule has 6 nitrogen and oxygen atoms in total. The molecule has 0 saturated carbocycles. The molecular weight excluding hydrogens is 391 g/mol. The number of hydrogen-bond acceptors (Lipinski definition) is 6. The first-order valence-corrected chi connectivity index (χ1v) is 9.88. The van der Waals surface area contributed by atoms with Crippen LogP contribution in [0.4, 0.5) is 9.39 Å².